The summed E-state index contributed by atoms with van der Waals surface area (Å²) in [4.78, 5) is 5.31. The summed E-state index contributed by atoms with van der Waals surface area (Å²) in [6.07, 6.45) is 8.83. The Kier molecular flexibility index (Phi) is 5.10. The number of rotatable bonds is 4. The normalized spacial score (nSPS) is 28.4. The van der Waals surface area contributed by atoms with Crippen molar-refractivity contribution in [1.29, 1.82) is 0 Å². The molecular weight excluding hydrogens is 256 g/mol. The molecule has 1 aromatic carbocycles. The predicted molar refractivity (Wildman–Crippen MR) is 90.3 cm³/mol. The molecule has 0 N–H and O–H groups in total. The zero-order chi connectivity index (χ0) is 14.5. The lowest BCUT2D eigenvalue weighted by atomic mass is 10.1. The van der Waals surface area contributed by atoms with Gasteiger partial charge in [-0.25, -0.2) is 0 Å². The van der Waals surface area contributed by atoms with Gasteiger partial charge in [-0.1, -0.05) is 49.4 Å². The molecule has 1 saturated carbocycles. The van der Waals surface area contributed by atoms with Crippen LogP contribution in [0.25, 0.3) is 6.08 Å². The van der Waals surface area contributed by atoms with Crippen LogP contribution in [0.1, 0.15) is 31.7 Å². The van der Waals surface area contributed by atoms with Gasteiger partial charge in [-0.05, 0) is 30.7 Å². The SMILES string of the molecule is C[C@H]1CC[C@@H](N2CCN(C/C=C/c3ccccc3)CC2)C1. The van der Waals surface area contributed by atoms with Crippen LogP contribution in [0.4, 0.5) is 0 Å². The van der Waals surface area contributed by atoms with E-state index in [2.05, 4.69) is 59.2 Å². The molecule has 0 aromatic heterocycles. The van der Waals surface area contributed by atoms with E-state index in [0.29, 0.717) is 0 Å². The minimum Gasteiger partial charge on any atom is -0.298 e. The summed E-state index contributed by atoms with van der Waals surface area (Å²) in [7, 11) is 0. The molecule has 2 heteroatoms. The molecule has 3 rings (SSSR count). The lowest BCUT2D eigenvalue weighted by Gasteiger charge is -2.37. The number of hydrogen-bond donors (Lipinski definition) is 0. The summed E-state index contributed by atoms with van der Waals surface area (Å²) in [5.41, 5.74) is 1.30. The van der Waals surface area contributed by atoms with Crippen molar-refractivity contribution in [1.82, 2.24) is 9.80 Å². The van der Waals surface area contributed by atoms with Crippen LogP contribution < -0.4 is 0 Å². The van der Waals surface area contributed by atoms with Crippen molar-refractivity contribution in [3.63, 3.8) is 0 Å². The van der Waals surface area contributed by atoms with Crippen LogP contribution >= 0.6 is 0 Å². The maximum absolute atomic E-state index is 2.74. The molecule has 1 heterocycles. The zero-order valence-corrected chi connectivity index (χ0v) is 13.2. The number of piperazine rings is 1. The smallest absolute Gasteiger partial charge is 0.0167 e. The van der Waals surface area contributed by atoms with Crippen LogP contribution in [0.3, 0.4) is 0 Å². The van der Waals surface area contributed by atoms with Gasteiger partial charge in [0.05, 0.1) is 0 Å². The highest BCUT2D eigenvalue weighted by Crippen LogP contribution is 2.29. The minimum absolute atomic E-state index is 0.877. The van der Waals surface area contributed by atoms with Gasteiger partial charge in [-0.15, -0.1) is 0 Å². The molecule has 114 valence electrons. The Morgan fingerprint density at radius 1 is 1.05 bits per heavy atom. The second-order valence-corrected chi connectivity index (χ2v) is 6.72. The maximum atomic E-state index is 2.74. The van der Waals surface area contributed by atoms with E-state index in [1.807, 2.05) is 0 Å². The van der Waals surface area contributed by atoms with Crippen molar-refractivity contribution >= 4 is 6.08 Å². The molecule has 21 heavy (non-hydrogen) atoms. The first-order chi connectivity index (χ1) is 10.3. The molecule has 1 aliphatic carbocycles. The highest BCUT2D eigenvalue weighted by molar-refractivity contribution is 5.48. The summed E-state index contributed by atoms with van der Waals surface area (Å²) >= 11 is 0. The number of hydrogen-bond acceptors (Lipinski definition) is 2. The molecule has 2 fully saturated rings. The molecule has 1 saturated heterocycles. The molecule has 0 bridgehead atoms. The third kappa shape index (κ3) is 4.18. The van der Waals surface area contributed by atoms with Gasteiger partial charge in [0.1, 0.15) is 0 Å². The van der Waals surface area contributed by atoms with Crippen molar-refractivity contribution in [3.05, 3.63) is 42.0 Å². The van der Waals surface area contributed by atoms with Gasteiger partial charge < -0.3 is 0 Å². The molecule has 1 aliphatic heterocycles. The van der Waals surface area contributed by atoms with E-state index in [1.54, 1.807) is 0 Å². The fourth-order valence-electron chi connectivity index (χ4n) is 3.72. The largest absolute Gasteiger partial charge is 0.298 e. The topological polar surface area (TPSA) is 6.48 Å². The van der Waals surface area contributed by atoms with E-state index in [4.69, 9.17) is 0 Å². The molecular formula is C19H28N2. The fourth-order valence-corrected chi connectivity index (χ4v) is 3.72. The van der Waals surface area contributed by atoms with Crippen LogP contribution in [0.2, 0.25) is 0 Å². The quantitative estimate of drug-likeness (QED) is 0.835. The van der Waals surface area contributed by atoms with E-state index in [0.717, 1.165) is 18.5 Å². The van der Waals surface area contributed by atoms with Crippen LogP contribution in [0, 0.1) is 5.92 Å². The lowest BCUT2D eigenvalue weighted by molar-refractivity contribution is 0.104. The fraction of sp³-hybridized carbons (Fsp3) is 0.579. The Labute approximate surface area is 129 Å². The third-order valence-electron chi connectivity index (χ3n) is 5.06. The zero-order valence-electron chi connectivity index (χ0n) is 13.2. The molecule has 0 spiro atoms. The van der Waals surface area contributed by atoms with E-state index in [1.165, 1.54) is 51.0 Å². The monoisotopic (exact) mass is 284 g/mol. The average Bonchev–Trinajstić information content (AvgIpc) is 2.96. The molecule has 2 atom stereocenters. The number of nitrogens with zero attached hydrogens (tertiary/aromatic N) is 2. The summed E-state index contributed by atoms with van der Waals surface area (Å²) in [5.74, 6) is 0.946. The Morgan fingerprint density at radius 2 is 1.81 bits per heavy atom. The van der Waals surface area contributed by atoms with Gasteiger partial charge in [0.2, 0.25) is 0 Å². The maximum Gasteiger partial charge on any atom is 0.0167 e. The van der Waals surface area contributed by atoms with Crippen molar-refractivity contribution in [3.8, 4) is 0 Å². The third-order valence-corrected chi connectivity index (χ3v) is 5.06. The first kappa shape index (κ1) is 14.8. The van der Waals surface area contributed by atoms with E-state index in [-0.39, 0.29) is 0 Å². The second kappa shape index (κ2) is 7.24. The van der Waals surface area contributed by atoms with E-state index >= 15 is 0 Å². The summed E-state index contributed by atoms with van der Waals surface area (Å²) in [5, 5.41) is 0. The van der Waals surface area contributed by atoms with Gasteiger partial charge in [0, 0.05) is 38.8 Å². The summed E-state index contributed by atoms with van der Waals surface area (Å²) < 4.78 is 0. The summed E-state index contributed by atoms with van der Waals surface area (Å²) in [6, 6.07) is 11.5. The van der Waals surface area contributed by atoms with E-state index in [9.17, 15) is 0 Å². The molecule has 1 aromatic rings. The van der Waals surface area contributed by atoms with Gasteiger partial charge in [0.25, 0.3) is 0 Å². The van der Waals surface area contributed by atoms with Crippen LogP contribution in [-0.4, -0.2) is 48.6 Å². The standard InChI is InChI=1S/C19H28N2/c1-17-9-10-19(16-17)21-14-12-20(13-15-21)11-5-8-18-6-3-2-4-7-18/h2-8,17,19H,9-16H2,1H3/b8-5+/t17-,19+/m0/s1. The Bertz CT molecular complexity index is 446. The average molecular weight is 284 g/mol. The van der Waals surface area contributed by atoms with Gasteiger partial charge in [-0.2, -0.15) is 0 Å². The highest BCUT2D eigenvalue weighted by atomic mass is 15.3. The first-order valence-electron chi connectivity index (χ1n) is 8.49. The Balaban J connectivity index is 1.41. The van der Waals surface area contributed by atoms with Gasteiger partial charge in [0.15, 0.2) is 0 Å². The highest BCUT2D eigenvalue weighted by Gasteiger charge is 2.28. The number of benzene rings is 1. The lowest BCUT2D eigenvalue weighted by Crippen LogP contribution is -2.49. The van der Waals surface area contributed by atoms with Crippen molar-refractivity contribution < 1.29 is 0 Å². The summed E-state index contributed by atoms with van der Waals surface area (Å²) in [6.45, 7) is 8.47. The minimum atomic E-state index is 0.877. The van der Waals surface area contributed by atoms with Crippen LogP contribution in [0.15, 0.2) is 36.4 Å². The van der Waals surface area contributed by atoms with Crippen molar-refractivity contribution in [2.24, 2.45) is 5.92 Å². The van der Waals surface area contributed by atoms with E-state index < -0.39 is 0 Å². The predicted octanol–water partition coefficient (Wildman–Crippen LogP) is 3.51. The van der Waals surface area contributed by atoms with Crippen molar-refractivity contribution in [2.75, 3.05) is 32.7 Å². The molecule has 0 radical (unpaired) electrons. The Morgan fingerprint density at radius 3 is 2.48 bits per heavy atom. The van der Waals surface area contributed by atoms with Crippen LogP contribution in [-0.2, 0) is 0 Å². The first-order valence-corrected chi connectivity index (χ1v) is 8.49. The second-order valence-electron chi connectivity index (χ2n) is 6.72. The van der Waals surface area contributed by atoms with Crippen LogP contribution in [0.5, 0.6) is 0 Å². The molecule has 0 unspecified atom stereocenters. The Hall–Kier alpha value is -1.12. The molecule has 2 nitrogen and oxygen atoms in total. The molecule has 0 amide bonds. The van der Waals surface area contributed by atoms with Crippen molar-refractivity contribution in [2.45, 2.75) is 32.2 Å². The van der Waals surface area contributed by atoms with Gasteiger partial charge in [-0.3, -0.25) is 9.80 Å². The van der Waals surface area contributed by atoms with Gasteiger partial charge >= 0.3 is 0 Å². The molecule has 2 aliphatic rings.